The highest BCUT2D eigenvalue weighted by atomic mass is 16.6. The molecule has 1 N–H and O–H groups in total. The summed E-state index contributed by atoms with van der Waals surface area (Å²) < 4.78 is 29.8. The number of rotatable bonds is 49. The van der Waals surface area contributed by atoms with E-state index < -0.39 is 0 Å². The van der Waals surface area contributed by atoms with Gasteiger partial charge in [-0.15, -0.1) is 0 Å². The van der Waals surface area contributed by atoms with Gasteiger partial charge in [0, 0.05) is 26.9 Å². The summed E-state index contributed by atoms with van der Waals surface area (Å²) in [5.41, 5.74) is -0.668. The van der Waals surface area contributed by atoms with E-state index in [1.54, 1.807) is 7.11 Å². The van der Waals surface area contributed by atoms with Crippen LogP contribution >= 0.6 is 0 Å². The quantitative estimate of drug-likeness (QED) is 0.0615. The molecule has 0 aromatic carbocycles. The minimum absolute atomic E-state index is 0.0489. The minimum atomic E-state index is -0.365. The summed E-state index contributed by atoms with van der Waals surface area (Å²) in [6, 6.07) is 0. The molecule has 0 saturated heterocycles. The zero-order valence-electron chi connectivity index (χ0n) is 41.7. The maximum Gasteiger partial charge on any atom is 0.407 e. The number of unbranched alkanes of at least 4 members (excludes halogenated alkanes) is 30. The van der Waals surface area contributed by atoms with Crippen LogP contribution < -0.4 is 5.32 Å². The van der Waals surface area contributed by atoms with E-state index in [9.17, 15) is 4.79 Å². The van der Waals surface area contributed by atoms with Crippen molar-refractivity contribution in [2.75, 3.05) is 46.7 Å². The van der Waals surface area contributed by atoms with Crippen LogP contribution in [0.2, 0.25) is 0 Å². The zero-order valence-corrected chi connectivity index (χ0v) is 41.7. The summed E-state index contributed by atoms with van der Waals surface area (Å²) in [6.07, 6.45) is 46.9. The molecule has 0 aliphatic heterocycles. The number of ether oxygens (including phenoxy) is 5. The van der Waals surface area contributed by atoms with Crippen LogP contribution in [0.25, 0.3) is 0 Å². The van der Waals surface area contributed by atoms with Gasteiger partial charge in [0.25, 0.3) is 0 Å². The molecule has 0 bridgehead atoms. The average Bonchev–Trinajstić information content (AvgIpc) is 3.24. The molecule has 0 aliphatic rings. The largest absolute Gasteiger partial charge is 0.450 e. The number of carbonyl (C=O) groups excluding carboxylic acids is 1. The van der Waals surface area contributed by atoms with Crippen molar-refractivity contribution in [1.29, 1.82) is 0 Å². The number of amides is 1. The van der Waals surface area contributed by atoms with Gasteiger partial charge in [-0.05, 0) is 59.3 Å². The molecule has 360 valence electrons. The number of carbonyl (C=O) groups is 1. The number of hydrogen-bond acceptors (Lipinski definition) is 6. The van der Waals surface area contributed by atoms with Crippen LogP contribution in [0.3, 0.4) is 0 Å². The number of alkyl carbamates (subject to hydrolysis) is 1. The molecule has 0 rings (SSSR count). The van der Waals surface area contributed by atoms with E-state index in [0.717, 1.165) is 45.3 Å². The Morgan fingerprint density at radius 1 is 0.517 bits per heavy atom. The number of methoxy groups -OCH3 is 1. The van der Waals surface area contributed by atoms with Crippen molar-refractivity contribution in [3.05, 3.63) is 0 Å². The Balaban J connectivity index is 4.26. The van der Waals surface area contributed by atoms with E-state index in [2.05, 4.69) is 33.0 Å². The predicted octanol–water partition coefficient (Wildman–Crippen LogP) is 16.4. The van der Waals surface area contributed by atoms with E-state index in [-0.39, 0.29) is 23.4 Å². The summed E-state index contributed by atoms with van der Waals surface area (Å²) in [5, 5.41) is 2.92. The van der Waals surface area contributed by atoms with Crippen LogP contribution in [0.15, 0.2) is 0 Å². The Morgan fingerprint density at radius 3 is 1.32 bits per heavy atom. The average molecular weight is 854 g/mol. The third kappa shape index (κ3) is 42.4. The first-order valence-electron chi connectivity index (χ1n) is 26.5. The molecule has 0 radical (unpaired) electrons. The van der Waals surface area contributed by atoms with Crippen molar-refractivity contribution < 1.29 is 28.5 Å². The molecule has 0 spiro atoms. The van der Waals surface area contributed by atoms with Crippen molar-refractivity contribution in [1.82, 2.24) is 5.32 Å². The van der Waals surface area contributed by atoms with Crippen LogP contribution in [0, 0.1) is 0 Å². The lowest BCUT2D eigenvalue weighted by atomic mass is 9.98. The lowest BCUT2D eigenvalue weighted by Gasteiger charge is -2.33. The van der Waals surface area contributed by atoms with Gasteiger partial charge in [0.1, 0.15) is 0 Å². The summed E-state index contributed by atoms with van der Waals surface area (Å²) in [4.78, 5) is 12.5. The Hall–Kier alpha value is -0.890. The van der Waals surface area contributed by atoms with E-state index in [1.165, 1.54) is 193 Å². The summed E-state index contributed by atoms with van der Waals surface area (Å²) in [6.45, 7) is 16.4. The molecule has 0 aromatic heterocycles. The standard InChI is InChI=1S/C53H107NO6/c1-8-11-13-15-17-19-21-23-25-27-29-31-33-35-37-39-45-57-48-50(58-46-40-38-36-34-32-30-28-26-24-22-20-18-16-14-12-9-2)42-41-47-59-51(55)54-44-43-53(6,10-3)60-49-52(4,5)56-7/h50H,8-49H2,1-7H3,(H,54,55). The maximum atomic E-state index is 12.5. The van der Waals surface area contributed by atoms with Crippen LogP contribution in [-0.2, 0) is 23.7 Å². The topological polar surface area (TPSA) is 75.3 Å². The summed E-state index contributed by atoms with van der Waals surface area (Å²) in [7, 11) is 1.70. The molecular weight excluding hydrogens is 747 g/mol. The van der Waals surface area contributed by atoms with Crippen molar-refractivity contribution in [3.8, 4) is 0 Å². The van der Waals surface area contributed by atoms with Gasteiger partial charge in [-0.3, -0.25) is 0 Å². The fourth-order valence-electron chi connectivity index (χ4n) is 7.80. The lowest BCUT2D eigenvalue weighted by Crippen LogP contribution is -2.39. The van der Waals surface area contributed by atoms with Crippen molar-refractivity contribution in [2.24, 2.45) is 0 Å². The van der Waals surface area contributed by atoms with Gasteiger partial charge < -0.3 is 29.0 Å². The molecule has 7 nitrogen and oxygen atoms in total. The lowest BCUT2D eigenvalue weighted by molar-refractivity contribution is -0.116. The first-order valence-corrected chi connectivity index (χ1v) is 26.5. The van der Waals surface area contributed by atoms with Gasteiger partial charge in [0.05, 0.1) is 37.1 Å². The zero-order chi connectivity index (χ0) is 44.1. The monoisotopic (exact) mass is 854 g/mol. The van der Waals surface area contributed by atoms with Gasteiger partial charge >= 0.3 is 6.09 Å². The van der Waals surface area contributed by atoms with Crippen LogP contribution in [0.5, 0.6) is 0 Å². The molecule has 0 heterocycles. The third-order valence-corrected chi connectivity index (χ3v) is 12.7. The van der Waals surface area contributed by atoms with Gasteiger partial charge in [0.15, 0.2) is 0 Å². The second-order valence-electron chi connectivity index (χ2n) is 19.2. The Labute approximate surface area is 375 Å². The van der Waals surface area contributed by atoms with E-state index in [4.69, 9.17) is 23.7 Å². The highest BCUT2D eigenvalue weighted by Gasteiger charge is 2.27. The van der Waals surface area contributed by atoms with Crippen molar-refractivity contribution in [2.45, 2.75) is 290 Å². The van der Waals surface area contributed by atoms with Crippen molar-refractivity contribution in [3.63, 3.8) is 0 Å². The molecule has 2 unspecified atom stereocenters. The smallest absolute Gasteiger partial charge is 0.407 e. The highest BCUT2D eigenvalue weighted by molar-refractivity contribution is 5.67. The second kappa shape index (κ2) is 44.7. The Kier molecular flexibility index (Phi) is 44.0. The normalized spacial score (nSPS) is 13.4. The first kappa shape index (κ1) is 59.1. The number of hydrogen-bond donors (Lipinski definition) is 1. The van der Waals surface area contributed by atoms with Gasteiger partial charge in [-0.1, -0.05) is 213 Å². The molecule has 2 atom stereocenters. The van der Waals surface area contributed by atoms with Crippen LogP contribution in [0.4, 0.5) is 4.79 Å². The van der Waals surface area contributed by atoms with E-state index in [1.807, 2.05) is 13.8 Å². The fourth-order valence-corrected chi connectivity index (χ4v) is 7.80. The SMILES string of the molecule is CCCCCCCCCCCCCCCCCCOCC(CCCOC(=O)NCCC(C)(CC)OCC(C)(C)OC)OCCCCCCCCCCCCCCCCCC. The maximum absolute atomic E-state index is 12.5. The van der Waals surface area contributed by atoms with Crippen molar-refractivity contribution >= 4 is 6.09 Å². The third-order valence-electron chi connectivity index (χ3n) is 12.7. The Morgan fingerprint density at radius 2 is 0.917 bits per heavy atom. The summed E-state index contributed by atoms with van der Waals surface area (Å²) >= 11 is 0. The van der Waals surface area contributed by atoms with Gasteiger partial charge in [0.2, 0.25) is 0 Å². The first-order chi connectivity index (χ1) is 29.2. The molecule has 0 fully saturated rings. The molecule has 60 heavy (non-hydrogen) atoms. The van der Waals surface area contributed by atoms with Gasteiger partial charge in [-0.2, -0.15) is 0 Å². The Bertz CT molecular complexity index is 870. The fraction of sp³-hybridized carbons (Fsp3) is 0.981. The van der Waals surface area contributed by atoms with E-state index in [0.29, 0.717) is 32.8 Å². The second-order valence-corrected chi connectivity index (χ2v) is 19.2. The molecule has 0 aromatic rings. The van der Waals surface area contributed by atoms with Crippen LogP contribution in [0.1, 0.15) is 273 Å². The van der Waals surface area contributed by atoms with Gasteiger partial charge in [-0.25, -0.2) is 4.79 Å². The molecule has 7 heteroatoms. The number of nitrogens with one attached hydrogen (secondary N) is 1. The predicted molar refractivity (Wildman–Crippen MR) is 259 cm³/mol. The molecule has 0 aliphatic carbocycles. The summed E-state index contributed by atoms with van der Waals surface area (Å²) in [5.74, 6) is 0. The van der Waals surface area contributed by atoms with Crippen LogP contribution in [-0.4, -0.2) is 70.1 Å². The molecular formula is C53H107NO6. The molecule has 1 amide bonds. The van der Waals surface area contributed by atoms with E-state index >= 15 is 0 Å². The highest BCUT2D eigenvalue weighted by Crippen LogP contribution is 2.23. The minimum Gasteiger partial charge on any atom is -0.450 e. The molecule has 0 saturated carbocycles.